The van der Waals surface area contributed by atoms with Gasteiger partial charge in [0.15, 0.2) is 0 Å². The smallest absolute Gasteiger partial charge is 0.407 e. The minimum atomic E-state index is -0.510. The SMILES string of the molecule is COC1C(OC(=O)NC2CCC(NC(C)=O)CC2)CC[C@]2(CO2)C1C(C)(C)OCC=C(C)C. The maximum atomic E-state index is 12.8. The number of hydrogen-bond acceptors (Lipinski definition) is 6. The van der Waals surface area contributed by atoms with Crippen molar-refractivity contribution < 1.29 is 28.5 Å². The van der Waals surface area contributed by atoms with Crippen molar-refractivity contribution in [3.8, 4) is 0 Å². The molecule has 0 bridgehead atoms. The highest BCUT2D eigenvalue weighted by Crippen LogP contribution is 2.52. The number of ether oxygens (including phenoxy) is 4. The number of carbonyl (C=O) groups is 2. The van der Waals surface area contributed by atoms with E-state index in [4.69, 9.17) is 18.9 Å². The molecular formula is C25H42N2O6. The predicted molar refractivity (Wildman–Crippen MR) is 125 cm³/mol. The third-order valence-electron chi connectivity index (χ3n) is 7.31. The molecule has 2 aliphatic carbocycles. The summed E-state index contributed by atoms with van der Waals surface area (Å²) in [6, 6.07) is 0.252. The number of epoxide rings is 1. The Morgan fingerprint density at radius 3 is 2.18 bits per heavy atom. The van der Waals surface area contributed by atoms with Gasteiger partial charge >= 0.3 is 6.09 Å². The Balaban J connectivity index is 1.58. The van der Waals surface area contributed by atoms with Crippen molar-refractivity contribution in [1.29, 1.82) is 0 Å². The molecule has 3 rings (SSSR count). The van der Waals surface area contributed by atoms with Crippen LogP contribution in [0.2, 0.25) is 0 Å². The largest absolute Gasteiger partial charge is 0.443 e. The summed E-state index contributed by atoms with van der Waals surface area (Å²) < 4.78 is 24.1. The van der Waals surface area contributed by atoms with Gasteiger partial charge in [-0.3, -0.25) is 4.79 Å². The first-order valence-corrected chi connectivity index (χ1v) is 12.2. The maximum Gasteiger partial charge on any atom is 0.407 e. The molecule has 3 aliphatic rings. The van der Waals surface area contributed by atoms with Crippen molar-refractivity contribution in [2.24, 2.45) is 5.92 Å². The van der Waals surface area contributed by atoms with E-state index in [2.05, 4.69) is 44.4 Å². The molecule has 1 spiro atoms. The molecule has 2 N–H and O–H groups in total. The Hall–Kier alpha value is -1.64. The average molecular weight is 467 g/mol. The second-order valence-electron chi connectivity index (χ2n) is 10.6. The lowest BCUT2D eigenvalue weighted by Crippen LogP contribution is -2.59. The van der Waals surface area contributed by atoms with Crippen LogP contribution in [0.5, 0.6) is 0 Å². The van der Waals surface area contributed by atoms with Gasteiger partial charge in [-0.25, -0.2) is 4.79 Å². The number of carbonyl (C=O) groups excluding carboxylic acids is 2. The molecule has 1 aliphatic heterocycles. The summed E-state index contributed by atoms with van der Waals surface area (Å²) in [6.45, 7) is 11.0. The van der Waals surface area contributed by atoms with Crippen LogP contribution in [0.25, 0.3) is 0 Å². The minimum Gasteiger partial charge on any atom is -0.443 e. The number of alkyl carbamates (subject to hydrolysis) is 1. The van der Waals surface area contributed by atoms with Crippen LogP contribution in [0, 0.1) is 5.92 Å². The van der Waals surface area contributed by atoms with Gasteiger partial charge in [0.2, 0.25) is 5.91 Å². The van der Waals surface area contributed by atoms with Crippen LogP contribution in [-0.4, -0.2) is 67.8 Å². The van der Waals surface area contributed by atoms with Gasteiger partial charge in [-0.1, -0.05) is 11.6 Å². The van der Waals surface area contributed by atoms with Crippen LogP contribution < -0.4 is 10.6 Å². The van der Waals surface area contributed by atoms with E-state index in [1.165, 1.54) is 12.5 Å². The topological polar surface area (TPSA) is 98.4 Å². The molecule has 3 fully saturated rings. The van der Waals surface area contributed by atoms with Crippen LogP contribution in [0.3, 0.4) is 0 Å². The van der Waals surface area contributed by atoms with E-state index in [-0.39, 0.29) is 41.7 Å². The van der Waals surface area contributed by atoms with Crippen molar-refractivity contribution >= 4 is 12.0 Å². The van der Waals surface area contributed by atoms with Gasteiger partial charge in [-0.05, 0) is 66.2 Å². The van der Waals surface area contributed by atoms with Crippen LogP contribution in [0.4, 0.5) is 4.79 Å². The number of allylic oxidation sites excluding steroid dienone is 1. The lowest BCUT2D eigenvalue weighted by Gasteiger charge is -2.47. The first-order chi connectivity index (χ1) is 15.6. The molecule has 188 valence electrons. The molecule has 1 saturated heterocycles. The van der Waals surface area contributed by atoms with Crippen LogP contribution in [0.1, 0.15) is 73.1 Å². The average Bonchev–Trinajstić information content (AvgIpc) is 3.49. The Morgan fingerprint density at radius 1 is 1.06 bits per heavy atom. The van der Waals surface area contributed by atoms with Crippen molar-refractivity contribution in [2.45, 2.75) is 109 Å². The molecule has 4 atom stereocenters. The Morgan fingerprint density at radius 2 is 1.67 bits per heavy atom. The van der Waals surface area contributed by atoms with E-state index >= 15 is 0 Å². The molecule has 1 heterocycles. The Kier molecular flexibility index (Phi) is 8.45. The summed E-state index contributed by atoms with van der Waals surface area (Å²) in [7, 11) is 1.67. The van der Waals surface area contributed by atoms with Crippen LogP contribution >= 0.6 is 0 Å². The number of rotatable bonds is 8. The summed E-state index contributed by atoms with van der Waals surface area (Å²) in [5, 5.41) is 5.98. The quantitative estimate of drug-likeness (QED) is 0.420. The first kappa shape index (κ1) is 26.0. The third kappa shape index (κ3) is 6.70. The molecule has 2 amide bonds. The predicted octanol–water partition coefficient (Wildman–Crippen LogP) is 3.48. The van der Waals surface area contributed by atoms with Crippen molar-refractivity contribution in [2.75, 3.05) is 20.3 Å². The van der Waals surface area contributed by atoms with E-state index in [1.807, 2.05) is 0 Å². The normalized spacial score (nSPS) is 33.8. The van der Waals surface area contributed by atoms with Crippen molar-refractivity contribution in [3.05, 3.63) is 11.6 Å². The summed E-state index contributed by atoms with van der Waals surface area (Å²) in [4.78, 5) is 24.0. The molecule has 0 aromatic heterocycles. The molecular weight excluding hydrogens is 424 g/mol. The maximum absolute atomic E-state index is 12.8. The zero-order chi connectivity index (χ0) is 24.2. The number of nitrogens with one attached hydrogen (secondary N) is 2. The second-order valence-corrected chi connectivity index (χ2v) is 10.6. The Bertz CT molecular complexity index is 720. The zero-order valence-corrected chi connectivity index (χ0v) is 21.1. The van der Waals surface area contributed by atoms with Gasteiger partial charge in [0, 0.05) is 32.0 Å². The summed E-state index contributed by atoms with van der Waals surface area (Å²) in [5.41, 5.74) is 0.427. The highest BCUT2D eigenvalue weighted by molar-refractivity contribution is 5.73. The standard InChI is InChI=1S/C25H42N2O6/c1-16(2)12-14-31-24(4,5)22-21(30-6)20(11-13-25(22)15-32-25)33-23(29)27-19-9-7-18(8-10-19)26-17(3)28/h12,18-22H,7-11,13-15H2,1-6H3,(H,26,28)(H,27,29)/t18?,19?,20?,21?,22?,25-/m0/s1. The minimum absolute atomic E-state index is 0.00607. The zero-order valence-electron chi connectivity index (χ0n) is 21.1. The van der Waals surface area contributed by atoms with Crippen molar-refractivity contribution in [1.82, 2.24) is 10.6 Å². The molecule has 0 aromatic rings. The van der Waals surface area contributed by atoms with Gasteiger partial charge in [-0.2, -0.15) is 0 Å². The fraction of sp³-hybridized carbons (Fsp3) is 0.840. The lowest BCUT2D eigenvalue weighted by molar-refractivity contribution is -0.172. The third-order valence-corrected chi connectivity index (χ3v) is 7.31. The van der Waals surface area contributed by atoms with Gasteiger partial charge in [0.1, 0.15) is 12.2 Å². The van der Waals surface area contributed by atoms with Gasteiger partial charge in [0.25, 0.3) is 0 Å². The molecule has 33 heavy (non-hydrogen) atoms. The van der Waals surface area contributed by atoms with Gasteiger partial charge in [0.05, 0.1) is 24.4 Å². The van der Waals surface area contributed by atoms with E-state index in [9.17, 15) is 9.59 Å². The molecule has 8 nitrogen and oxygen atoms in total. The Labute approximate surface area is 198 Å². The van der Waals surface area contributed by atoms with E-state index in [0.29, 0.717) is 19.6 Å². The summed E-state index contributed by atoms with van der Waals surface area (Å²) in [5.74, 6) is -0.0614. The fourth-order valence-corrected chi connectivity index (χ4v) is 5.60. The number of amides is 2. The highest BCUT2D eigenvalue weighted by Gasteiger charge is 2.64. The van der Waals surface area contributed by atoms with Gasteiger partial charge < -0.3 is 29.6 Å². The number of methoxy groups -OCH3 is 1. The highest BCUT2D eigenvalue weighted by atomic mass is 16.6. The number of hydrogen-bond donors (Lipinski definition) is 2. The monoisotopic (exact) mass is 466 g/mol. The summed E-state index contributed by atoms with van der Waals surface area (Å²) in [6.07, 6.45) is 5.85. The fourth-order valence-electron chi connectivity index (χ4n) is 5.60. The van der Waals surface area contributed by atoms with E-state index in [0.717, 1.165) is 32.1 Å². The molecule has 8 heteroatoms. The van der Waals surface area contributed by atoms with Crippen LogP contribution in [0.15, 0.2) is 11.6 Å². The molecule has 3 unspecified atom stereocenters. The molecule has 2 saturated carbocycles. The van der Waals surface area contributed by atoms with Gasteiger partial charge in [-0.15, -0.1) is 0 Å². The first-order valence-electron chi connectivity index (χ1n) is 12.2. The lowest BCUT2D eigenvalue weighted by atomic mass is 9.68. The molecule has 0 radical (unpaired) electrons. The summed E-state index contributed by atoms with van der Waals surface area (Å²) >= 11 is 0. The van der Waals surface area contributed by atoms with E-state index in [1.54, 1.807) is 7.11 Å². The van der Waals surface area contributed by atoms with Crippen molar-refractivity contribution in [3.63, 3.8) is 0 Å². The second kappa shape index (κ2) is 10.7. The van der Waals surface area contributed by atoms with Crippen LogP contribution in [-0.2, 0) is 23.7 Å². The van der Waals surface area contributed by atoms with E-state index < -0.39 is 11.7 Å². The molecule has 0 aromatic carbocycles.